The molecule has 0 saturated heterocycles. The Hall–Kier alpha value is -1.82. The molecule has 0 unspecified atom stereocenters. The summed E-state index contributed by atoms with van der Waals surface area (Å²) in [6, 6.07) is 4.91. The van der Waals surface area contributed by atoms with E-state index in [1.54, 1.807) is 12.1 Å². The summed E-state index contributed by atoms with van der Waals surface area (Å²) < 4.78 is 0. The fraction of sp³-hybridized carbons (Fsp3) is 0.462. The number of carbonyl (C=O) groups is 1. The first-order valence-corrected chi connectivity index (χ1v) is 6.85. The largest absolute Gasteiger partial charge is 0.377 e. The van der Waals surface area contributed by atoms with E-state index < -0.39 is 4.92 Å². The Bertz CT molecular complexity index is 528. The minimum absolute atomic E-state index is 0.0811. The van der Waals surface area contributed by atoms with Crippen LogP contribution in [-0.4, -0.2) is 16.9 Å². The lowest BCUT2D eigenvalue weighted by atomic mass is 9.85. The van der Waals surface area contributed by atoms with E-state index >= 15 is 0 Å². The minimum Gasteiger partial charge on any atom is -0.377 e. The summed E-state index contributed by atoms with van der Waals surface area (Å²) in [5.74, 6) is -0.348. The molecule has 0 aliphatic heterocycles. The van der Waals surface area contributed by atoms with Crippen LogP contribution in [0.15, 0.2) is 18.2 Å². The maximum Gasteiger partial charge on any atom is 0.310 e. The summed E-state index contributed by atoms with van der Waals surface area (Å²) in [5, 5.41) is 14.3. The number of hydrogen-bond donors (Lipinski definition) is 2. The van der Waals surface area contributed by atoms with Crippen LogP contribution in [0.4, 0.5) is 11.4 Å². The molecule has 1 amide bonds. The number of hydrogen-bond acceptors (Lipinski definition) is 4. The van der Waals surface area contributed by atoms with Crippen molar-refractivity contribution >= 4 is 28.9 Å². The molecule has 1 saturated carbocycles. The topological polar surface area (TPSA) is 98.3 Å². The van der Waals surface area contributed by atoms with Crippen LogP contribution in [0.3, 0.4) is 0 Å². The van der Waals surface area contributed by atoms with Gasteiger partial charge in [-0.2, -0.15) is 0 Å². The molecular formula is C13H16ClN3O3. The SMILES string of the molecule is NC(=O)C1CCC(Nc2cccc(Cl)c2[N+](=O)[O-])CC1. The van der Waals surface area contributed by atoms with Gasteiger partial charge in [0.25, 0.3) is 0 Å². The van der Waals surface area contributed by atoms with Gasteiger partial charge in [-0.1, -0.05) is 17.7 Å². The highest BCUT2D eigenvalue weighted by molar-refractivity contribution is 6.33. The third-order valence-corrected chi connectivity index (χ3v) is 3.96. The van der Waals surface area contributed by atoms with Crippen LogP contribution < -0.4 is 11.1 Å². The van der Waals surface area contributed by atoms with Gasteiger partial charge in [-0.15, -0.1) is 0 Å². The standard InChI is InChI=1S/C13H16ClN3O3/c14-10-2-1-3-11(12(10)17(19)20)16-9-6-4-8(5-7-9)13(15)18/h1-3,8-9,16H,4-7H2,(H2,15,18). The van der Waals surface area contributed by atoms with Crippen molar-refractivity contribution in [3.8, 4) is 0 Å². The maximum atomic E-state index is 11.1. The highest BCUT2D eigenvalue weighted by Crippen LogP contribution is 2.34. The first-order valence-electron chi connectivity index (χ1n) is 6.47. The summed E-state index contributed by atoms with van der Waals surface area (Å²) >= 11 is 5.86. The molecule has 3 N–H and O–H groups in total. The van der Waals surface area contributed by atoms with E-state index in [9.17, 15) is 14.9 Å². The van der Waals surface area contributed by atoms with Crippen molar-refractivity contribution in [1.82, 2.24) is 0 Å². The van der Waals surface area contributed by atoms with Crippen LogP contribution in [0.5, 0.6) is 0 Å². The van der Waals surface area contributed by atoms with E-state index in [4.69, 9.17) is 17.3 Å². The molecule has 20 heavy (non-hydrogen) atoms. The number of primary amides is 1. The Kier molecular flexibility index (Phi) is 4.44. The van der Waals surface area contributed by atoms with Gasteiger partial charge in [0.2, 0.25) is 5.91 Å². The van der Waals surface area contributed by atoms with Gasteiger partial charge in [0.15, 0.2) is 0 Å². The summed E-state index contributed by atoms with van der Waals surface area (Å²) in [6.07, 6.45) is 2.94. The first-order chi connectivity index (χ1) is 9.49. The molecule has 1 aromatic carbocycles. The normalized spacial score (nSPS) is 22.2. The number of carbonyl (C=O) groups excluding carboxylic acids is 1. The molecule has 0 aromatic heterocycles. The van der Waals surface area contributed by atoms with Gasteiger partial charge in [-0.25, -0.2) is 0 Å². The van der Waals surface area contributed by atoms with Crippen molar-refractivity contribution in [1.29, 1.82) is 0 Å². The van der Waals surface area contributed by atoms with Crippen LogP contribution in [0, 0.1) is 16.0 Å². The monoisotopic (exact) mass is 297 g/mol. The van der Waals surface area contributed by atoms with E-state index in [2.05, 4.69) is 5.32 Å². The zero-order valence-electron chi connectivity index (χ0n) is 10.8. The second-order valence-corrected chi connectivity index (χ2v) is 5.40. The number of nitro benzene ring substituents is 1. The zero-order valence-corrected chi connectivity index (χ0v) is 11.6. The highest BCUT2D eigenvalue weighted by atomic mass is 35.5. The third-order valence-electron chi connectivity index (χ3n) is 3.66. The molecule has 1 aliphatic carbocycles. The Labute approximate surface area is 121 Å². The van der Waals surface area contributed by atoms with Gasteiger partial charge in [-0.3, -0.25) is 14.9 Å². The molecule has 0 atom stereocenters. The van der Waals surface area contributed by atoms with Gasteiger partial charge in [0.05, 0.1) is 4.92 Å². The Morgan fingerprint density at radius 3 is 2.55 bits per heavy atom. The Morgan fingerprint density at radius 2 is 2.00 bits per heavy atom. The van der Waals surface area contributed by atoms with Gasteiger partial charge in [0, 0.05) is 12.0 Å². The number of amides is 1. The molecule has 2 rings (SSSR count). The molecule has 7 heteroatoms. The van der Waals surface area contributed by atoms with Crippen LogP contribution in [-0.2, 0) is 4.79 Å². The molecular weight excluding hydrogens is 282 g/mol. The molecule has 0 heterocycles. The number of nitro groups is 1. The van der Waals surface area contributed by atoms with E-state index in [0.29, 0.717) is 18.5 Å². The van der Waals surface area contributed by atoms with Gasteiger partial charge >= 0.3 is 5.69 Å². The van der Waals surface area contributed by atoms with Crippen molar-refractivity contribution in [2.45, 2.75) is 31.7 Å². The summed E-state index contributed by atoms with van der Waals surface area (Å²) in [7, 11) is 0. The molecule has 6 nitrogen and oxygen atoms in total. The zero-order chi connectivity index (χ0) is 14.7. The minimum atomic E-state index is -0.486. The molecule has 1 fully saturated rings. The second-order valence-electron chi connectivity index (χ2n) is 4.99. The number of para-hydroxylation sites is 1. The van der Waals surface area contributed by atoms with Crippen LogP contribution in [0.25, 0.3) is 0 Å². The molecule has 108 valence electrons. The smallest absolute Gasteiger partial charge is 0.310 e. The van der Waals surface area contributed by atoms with Gasteiger partial charge < -0.3 is 11.1 Å². The van der Waals surface area contributed by atoms with E-state index in [1.165, 1.54) is 6.07 Å². The number of benzene rings is 1. The van der Waals surface area contributed by atoms with Crippen LogP contribution in [0.1, 0.15) is 25.7 Å². The summed E-state index contributed by atoms with van der Waals surface area (Å²) in [6.45, 7) is 0. The fourth-order valence-electron chi connectivity index (χ4n) is 2.56. The number of nitrogens with zero attached hydrogens (tertiary/aromatic N) is 1. The Morgan fingerprint density at radius 1 is 1.35 bits per heavy atom. The third kappa shape index (κ3) is 3.19. The lowest BCUT2D eigenvalue weighted by Gasteiger charge is -2.28. The van der Waals surface area contributed by atoms with Gasteiger partial charge in [0.1, 0.15) is 10.7 Å². The van der Waals surface area contributed by atoms with E-state index in [1.807, 2.05) is 0 Å². The first kappa shape index (κ1) is 14.6. The van der Waals surface area contributed by atoms with Crippen molar-refractivity contribution in [2.24, 2.45) is 11.7 Å². The lowest BCUT2D eigenvalue weighted by Crippen LogP contribution is -2.32. The second kappa shape index (κ2) is 6.09. The number of rotatable bonds is 4. The quantitative estimate of drug-likeness (QED) is 0.659. The number of nitrogens with two attached hydrogens (primary N) is 1. The molecule has 1 aromatic rings. The highest BCUT2D eigenvalue weighted by Gasteiger charge is 2.26. The number of halogens is 1. The van der Waals surface area contributed by atoms with Crippen molar-refractivity contribution in [3.63, 3.8) is 0 Å². The van der Waals surface area contributed by atoms with Crippen LogP contribution >= 0.6 is 11.6 Å². The van der Waals surface area contributed by atoms with E-state index in [-0.39, 0.29) is 28.6 Å². The average Bonchev–Trinajstić information content (AvgIpc) is 2.39. The predicted molar refractivity (Wildman–Crippen MR) is 76.7 cm³/mol. The predicted octanol–water partition coefficient (Wildman–Crippen LogP) is 2.70. The maximum absolute atomic E-state index is 11.1. The summed E-state index contributed by atoms with van der Waals surface area (Å²) in [5.41, 5.74) is 5.60. The number of nitrogens with one attached hydrogen (secondary N) is 1. The average molecular weight is 298 g/mol. The molecule has 1 aliphatic rings. The van der Waals surface area contributed by atoms with Crippen molar-refractivity contribution in [2.75, 3.05) is 5.32 Å². The fourth-order valence-corrected chi connectivity index (χ4v) is 2.80. The molecule has 0 radical (unpaired) electrons. The molecule has 0 bridgehead atoms. The Balaban J connectivity index is 2.07. The summed E-state index contributed by atoms with van der Waals surface area (Å²) in [4.78, 5) is 21.7. The van der Waals surface area contributed by atoms with Crippen molar-refractivity contribution in [3.05, 3.63) is 33.3 Å². The van der Waals surface area contributed by atoms with Crippen LogP contribution in [0.2, 0.25) is 5.02 Å². The van der Waals surface area contributed by atoms with Gasteiger partial charge in [-0.05, 0) is 37.8 Å². The van der Waals surface area contributed by atoms with E-state index in [0.717, 1.165) is 12.8 Å². The lowest BCUT2D eigenvalue weighted by molar-refractivity contribution is -0.383. The molecule has 0 spiro atoms. The number of anilines is 1. The van der Waals surface area contributed by atoms with Crippen molar-refractivity contribution < 1.29 is 9.72 Å².